The standard InChI is InChI=1S/C17H12ClN7O2/c1-9-19-7-10(20-9)8-26-17-12-5-3-2-4-11(12)15-21-22-16(25(15)23-17)13-6-14(18)27-24-13/h2-7H,8H2,1H3,(H,19,20). The second kappa shape index (κ2) is 6.06. The van der Waals surface area contributed by atoms with E-state index in [9.17, 15) is 0 Å². The number of aryl methyl sites for hydroxylation is 1. The number of halogens is 1. The van der Waals surface area contributed by atoms with Gasteiger partial charge >= 0.3 is 0 Å². The highest BCUT2D eigenvalue weighted by Crippen LogP contribution is 2.29. The van der Waals surface area contributed by atoms with Crippen LogP contribution in [0.5, 0.6) is 5.88 Å². The molecule has 0 unspecified atom stereocenters. The van der Waals surface area contributed by atoms with E-state index in [2.05, 4.69) is 30.4 Å². The van der Waals surface area contributed by atoms with Crippen LogP contribution in [0.15, 0.2) is 41.1 Å². The number of hydrogen-bond acceptors (Lipinski definition) is 7. The topological polar surface area (TPSA) is 107 Å². The first-order valence-electron chi connectivity index (χ1n) is 8.09. The summed E-state index contributed by atoms with van der Waals surface area (Å²) in [5.41, 5.74) is 1.88. The molecule has 0 atom stereocenters. The van der Waals surface area contributed by atoms with E-state index in [1.807, 2.05) is 31.2 Å². The number of imidazole rings is 1. The zero-order valence-electron chi connectivity index (χ0n) is 14.0. The highest BCUT2D eigenvalue weighted by molar-refractivity contribution is 6.29. The van der Waals surface area contributed by atoms with Crippen molar-refractivity contribution in [3.05, 3.63) is 53.3 Å². The summed E-state index contributed by atoms with van der Waals surface area (Å²) in [7, 11) is 0. The van der Waals surface area contributed by atoms with E-state index in [0.717, 1.165) is 22.3 Å². The summed E-state index contributed by atoms with van der Waals surface area (Å²) in [6, 6.07) is 9.27. The zero-order chi connectivity index (χ0) is 18.4. The lowest BCUT2D eigenvalue weighted by Crippen LogP contribution is -2.03. The first kappa shape index (κ1) is 15.8. The Hall–Kier alpha value is -3.46. The summed E-state index contributed by atoms with van der Waals surface area (Å²) < 4.78 is 12.5. The Bertz CT molecular complexity index is 1270. The number of aromatic nitrogens is 7. The van der Waals surface area contributed by atoms with Crippen LogP contribution in [0.2, 0.25) is 5.22 Å². The van der Waals surface area contributed by atoms with Gasteiger partial charge in [0.15, 0.2) is 11.3 Å². The van der Waals surface area contributed by atoms with Crippen molar-refractivity contribution in [2.45, 2.75) is 13.5 Å². The van der Waals surface area contributed by atoms with E-state index in [-0.39, 0.29) is 5.22 Å². The Balaban J connectivity index is 1.66. The summed E-state index contributed by atoms with van der Waals surface area (Å²) in [4.78, 5) is 7.31. The number of benzene rings is 1. The molecule has 4 heterocycles. The molecule has 5 aromatic rings. The third kappa shape index (κ3) is 2.68. The van der Waals surface area contributed by atoms with Gasteiger partial charge in [-0.05, 0) is 24.6 Å². The summed E-state index contributed by atoms with van der Waals surface area (Å²) in [6.07, 6.45) is 1.73. The molecule has 10 heteroatoms. The lowest BCUT2D eigenvalue weighted by Gasteiger charge is -2.08. The Morgan fingerprint density at radius 2 is 2.07 bits per heavy atom. The van der Waals surface area contributed by atoms with E-state index < -0.39 is 0 Å². The maximum Gasteiger partial charge on any atom is 0.240 e. The van der Waals surface area contributed by atoms with Gasteiger partial charge in [-0.15, -0.1) is 15.3 Å². The summed E-state index contributed by atoms with van der Waals surface area (Å²) in [5.74, 6) is 1.68. The summed E-state index contributed by atoms with van der Waals surface area (Å²) in [6.45, 7) is 2.19. The van der Waals surface area contributed by atoms with Crippen molar-refractivity contribution in [2.24, 2.45) is 0 Å². The largest absolute Gasteiger partial charge is 0.470 e. The average Bonchev–Trinajstić information content (AvgIpc) is 3.39. The van der Waals surface area contributed by atoms with Crippen LogP contribution in [0, 0.1) is 6.92 Å². The normalized spacial score (nSPS) is 11.5. The predicted octanol–water partition coefficient (Wildman–Crippen LogP) is 3.20. The van der Waals surface area contributed by atoms with Crippen molar-refractivity contribution in [3.63, 3.8) is 0 Å². The first-order chi connectivity index (χ1) is 13.2. The molecule has 0 amide bonds. The van der Waals surface area contributed by atoms with Gasteiger partial charge in [0.1, 0.15) is 12.4 Å². The van der Waals surface area contributed by atoms with E-state index >= 15 is 0 Å². The lowest BCUT2D eigenvalue weighted by molar-refractivity contribution is 0.289. The lowest BCUT2D eigenvalue weighted by atomic mass is 10.2. The smallest absolute Gasteiger partial charge is 0.240 e. The Morgan fingerprint density at radius 1 is 1.22 bits per heavy atom. The molecule has 0 fully saturated rings. The van der Waals surface area contributed by atoms with E-state index in [1.54, 1.807) is 16.8 Å². The third-order valence-corrected chi connectivity index (χ3v) is 4.24. The average molecular weight is 382 g/mol. The molecule has 134 valence electrons. The fourth-order valence-electron chi connectivity index (χ4n) is 2.87. The fraction of sp³-hybridized carbons (Fsp3) is 0.118. The number of fused-ring (bicyclic) bond motifs is 3. The van der Waals surface area contributed by atoms with Crippen molar-refractivity contribution < 1.29 is 9.26 Å². The fourth-order valence-corrected chi connectivity index (χ4v) is 3.01. The third-order valence-electron chi connectivity index (χ3n) is 4.06. The summed E-state index contributed by atoms with van der Waals surface area (Å²) in [5, 5.41) is 18.8. The molecule has 9 nitrogen and oxygen atoms in total. The molecule has 0 spiro atoms. The zero-order valence-corrected chi connectivity index (χ0v) is 14.8. The van der Waals surface area contributed by atoms with Crippen molar-refractivity contribution in [3.8, 4) is 17.4 Å². The number of H-pyrrole nitrogens is 1. The molecule has 0 radical (unpaired) electrons. The second-order valence-electron chi connectivity index (χ2n) is 5.91. The maximum atomic E-state index is 5.96. The first-order valence-corrected chi connectivity index (χ1v) is 8.47. The molecule has 5 rings (SSSR count). The number of rotatable bonds is 4. The number of ether oxygens (including phenoxy) is 1. The second-order valence-corrected chi connectivity index (χ2v) is 6.28. The highest BCUT2D eigenvalue weighted by atomic mass is 35.5. The van der Waals surface area contributed by atoms with Crippen LogP contribution < -0.4 is 4.74 Å². The number of aromatic amines is 1. The molecule has 0 saturated heterocycles. The molecular weight excluding hydrogens is 370 g/mol. The van der Waals surface area contributed by atoms with E-state index in [4.69, 9.17) is 20.9 Å². The molecule has 1 N–H and O–H groups in total. The van der Waals surface area contributed by atoms with Gasteiger partial charge in [-0.3, -0.25) is 0 Å². The van der Waals surface area contributed by atoms with Gasteiger partial charge in [0.2, 0.25) is 16.9 Å². The van der Waals surface area contributed by atoms with Crippen LogP contribution in [-0.4, -0.2) is 34.9 Å². The SMILES string of the molecule is Cc1ncc(COc2nn3c(-c4cc(Cl)on4)nnc3c3ccccc23)[nH]1. The molecule has 0 aliphatic carbocycles. The van der Waals surface area contributed by atoms with Gasteiger partial charge in [0.05, 0.1) is 11.9 Å². The van der Waals surface area contributed by atoms with Crippen molar-refractivity contribution in [1.29, 1.82) is 0 Å². The number of nitrogens with one attached hydrogen (secondary N) is 1. The monoisotopic (exact) mass is 381 g/mol. The molecule has 1 aromatic carbocycles. The number of nitrogens with zero attached hydrogens (tertiary/aromatic N) is 6. The van der Waals surface area contributed by atoms with Gasteiger partial charge < -0.3 is 14.2 Å². The van der Waals surface area contributed by atoms with E-state index in [0.29, 0.717) is 29.7 Å². The van der Waals surface area contributed by atoms with Crippen LogP contribution in [0.3, 0.4) is 0 Å². The summed E-state index contributed by atoms with van der Waals surface area (Å²) >= 11 is 5.83. The molecular formula is C17H12ClN7O2. The van der Waals surface area contributed by atoms with Crippen LogP contribution >= 0.6 is 11.6 Å². The maximum absolute atomic E-state index is 5.96. The Kier molecular flexibility index (Phi) is 3.54. The van der Waals surface area contributed by atoms with Crippen molar-refractivity contribution in [2.75, 3.05) is 0 Å². The minimum Gasteiger partial charge on any atom is -0.470 e. The Labute approximate surface area is 156 Å². The van der Waals surface area contributed by atoms with Crippen LogP contribution in [0.1, 0.15) is 11.5 Å². The van der Waals surface area contributed by atoms with Gasteiger partial charge in [0, 0.05) is 16.8 Å². The molecule has 27 heavy (non-hydrogen) atoms. The van der Waals surface area contributed by atoms with Crippen LogP contribution in [0.4, 0.5) is 0 Å². The van der Waals surface area contributed by atoms with E-state index in [1.165, 1.54) is 0 Å². The van der Waals surface area contributed by atoms with Gasteiger partial charge in [-0.1, -0.05) is 23.4 Å². The predicted molar refractivity (Wildman–Crippen MR) is 96.5 cm³/mol. The molecule has 0 aliphatic heterocycles. The molecule has 0 bridgehead atoms. The van der Waals surface area contributed by atoms with Gasteiger partial charge in [0.25, 0.3) is 0 Å². The molecule has 4 aromatic heterocycles. The van der Waals surface area contributed by atoms with Gasteiger partial charge in [-0.25, -0.2) is 4.98 Å². The molecule has 0 aliphatic rings. The van der Waals surface area contributed by atoms with Crippen molar-refractivity contribution in [1.82, 2.24) is 34.9 Å². The molecule has 0 saturated carbocycles. The quantitative estimate of drug-likeness (QED) is 0.509. The van der Waals surface area contributed by atoms with Crippen LogP contribution in [-0.2, 0) is 6.61 Å². The number of hydrogen-bond donors (Lipinski definition) is 1. The van der Waals surface area contributed by atoms with Crippen molar-refractivity contribution >= 4 is 28.0 Å². The minimum absolute atomic E-state index is 0.161. The highest BCUT2D eigenvalue weighted by Gasteiger charge is 2.18. The Morgan fingerprint density at radius 3 is 2.81 bits per heavy atom. The van der Waals surface area contributed by atoms with Crippen LogP contribution in [0.25, 0.3) is 27.9 Å². The minimum atomic E-state index is 0.161. The van der Waals surface area contributed by atoms with Gasteiger partial charge in [-0.2, -0.15) is 4.52 Å².